The summed E-state index contributed by atoms with van der Waals surface area (Å²) in [7, 11) is 0. The van der Waals surface area contributed by atoms with Crippen LogP contribution >= 0.6 is 0 Å². The van der Waals surface area contributed by atoms with Crippen molar-refractivity contribution in [2.45, 2.75) is 66.4 Å². The molecule has 2 N–H and O–H groups in total. The summed E-state index contributed by atoms with van der Waals surface area (Å²) in [6.07, 6.45) is 3.60. The summed E-state index contributed by atoms with van der Waals surface area (Å²) in [4.78, 5) is 23.5. The van der Waals surface area contributed by atoms with Crippen molar-refractivity contribution in [3.8, 4) is 0 Å². The Morgan fingerprint density at radius 3 is 2.48 bits per heavy atom. The molecule has 0 aromatic heterocycles. The lowest BCUT2D eigenvalue weighted by Crippen LogP contribution is -2.46. The molecule has 0 unspecified atom stereocenters. The highest BCUT2D eigenvalue weighted by Gasteiger charge is 2.35. The molecule has 0 bridgehead atoms. The molecule has 2 amide bonds. The molecular weight excluding hydrogens is 292 g/mol. The van der Waals surface area contributed by atoms with Gasteiger partial charge >= 0.3 is 0 Å². The second-order valence-electron chi connectivity index (χ2n) is 8.07. The number of rotatable bonds is 7. The minimum Gasteiger partial charge on any atom is -0.377 e. The molecule has 0 aromatic rings. The minimum atomic E-state index is -0.124. The number of carbonyl (C=O) groups is 2. The number of hydrogen-bond acceptors (Lipinski definition) is 3. The zero-order valence-corrected chi connectivity index (χ0v) is 15.4. The first kappa shape index (κ1) is 19.9. The van der Waals surface area contributed by atoms with Crippen LogP contribution < -0.4 is 10.6 Å². The van der Waals surface area contributed by atoms with Crippen molar-refractivity contribution in [3.63, 3.8) is 0 Å². The number of hydrogen-bond donors (Lipinski definition) is 2. The average molecular weight is 326 g/mol. The van der Waals surface area contributed by atoms with Crippen LogP contribution in [0.4, 0.5) is 0 Å². The van der Waals surface area contributed by atoms with Gasteiger partial charge in [0.15, 0.2) is 0 Å². The zero-order chi connectivity index (χ0) is 17.5. The Hall–Kier alpha value is -1.10. The van der Waals surface area contributed by atoms with E-state index in [1.807, 2.05) is 0 Å². The standard InChI is InChI=1S/C18H34N2O3/c1-13(2)8-9-15(21)20-12-16(22)19-11-14-7-6-10-23-17(14)18(3,4)5/h13-14,17H,6-12H2,1-5H3,(H,19,22)(H,20,21)/t14-,17+/m1/s1. The number of nitrogens with one attached hydrogen (secondary N) is 2. The first-order valence-corrected chi connectivity index (χ1v) is 8.85. The minimum absolute atomic E-state index is 0.0533. The van der Waals surface area contributed by atoms with E-state index < -0.39 is 0 Å². The second-order valence-corrected chi connectivity index (χ2v) is 8.07. The summed E-state index contributed by atoms with van der Waals surface area (Å²) in [5, 5.41) is 5.63. The van der Waals surface area contributed by atoms with Gasteiger partial charge < -0.3 is 15.4 Å². The van der Waals surface area contributed by atoms with E-state index in [2.05, 4.69) is 45.3 Å². The Labute approximate surface area is 140 Å². The first-order valence-electron chi connectivity index (χ1n) is 8.85. The van der Waals surface area contributed by atoms with Gasteiger partial charge in [0.25, 0.3) is 0 Å². The maximum Gasteiger partial charge on any atom is 0.239 e. The van der Waals surface area contributed by atoms with Crippen molar-refractivity contribution in [2.75, 3.05) is 19.7 Å². The molecule has 0 aliphatic carbocycles. The maximum absolute atomic E-state index is 11.9. The van der Waals surface area contributed by atoms with Crippen LogP contribution in [0.3, 0.4) is 0 Å². The van der Waals surface area contributed by atoms with Crippen molar-refractivity contribution in [1.82, 2.24) is 10.6 Å². The van der Waals surface area contributed by atoms with Gasteiger partial charge in [-0.1, -0.05) is 34.6 Å². The largest absolute Gasteiger partial charge is 0.377 e. The molecule has 0 spiro atoms. The predicted octanol–water partition coefficient (Wildman–Crippen LogP) is 2.50. The van der Waals surface area contributed by atoms with E-state index in [4.69, 9.17) is 4.74 Å². The molecule has 1 rings (SSSR count). The zero-order valence-electron chi connectivity index (χ0n) is 15.4. The Bertz CT molecular complexity index is 388. The highest BCUT2D eigenvalue weighted by molar-refractivity contribution is 5.84. The molecule has 23 heavy (non-hydrogen) atoms. The fourth-order valence-corrected chi connectivity index (χ4v) is 3.00. The van der Waals surface area contributed by atoms with Gasteiger partial charge in [-0.15, -0.1) is 0 Å². The van der Waals surface area contributed by atoms with Gasteiger partial charge in [0.2, 0.25) is 11.8 Å². The fraction of sp³-hybridized carbons (Fsp3) is 0.889. The summed E-state index contributed by atoms with van der Waals surface area (Å²) in [5.41, 5.74) is 0.0703. The molecule has 134 valence electrons. The average Bonchev–Trinajstić information content (AvgIpc) is 2.48. The van der Waals surface area contributed by atoms with Gasteiger partial charge in [-0.2, -0.15) is 0 Å². The molecule has 0 aromatic carbocycles. The smallest absolute Gasteiger partial charge is 0.239 e. The Morgan fingerprint density at radius 1 is 1.17 bits per heavy atom. The van der Waals surface area contributed by atoms with E-state index in [0.29, 0.717) is 24.8 Å². The van der Waals surface area contributed by atoms with Crippen LogP contribution in [0.5, 0.6) is 0 Å². The molecule has 1 aliphatic rings. The molecule has 1 fully saturated rings. The van der Waals surface area contributed by atoms with Gasteiger partial charge in [-0.05, 0) is 30.6 Å². The van der Waals surface area contributed by atoms with Gasteiger partial charge in [-0.3, -0.25) is 9.59 Å². The number of carbonyl (C=O) groups excluding carboxylic acids is 2. The maximum atomic E-state index is 11.9. The first-order chi connectivity index (χ1) is 10.7. The molecule has 5 nitrogen and oxygen atoms in total. The van der Waals surface area contributed by atoms with E-state index >= 15 is 0 Å². The highest BCUT2D eigenvalue weighted by Crippen LogP contribution is 2.33. The van der Waals surface area contributed by atoms with Crippen LogP contribution in [-0.2, 0) is 14.3 Å². The molecule has 0 saturated carbocycles. The van der Waals surface area contributed by atoms with Crippen molar-refractivity contribution >= 4 is 11.8 Å². The summed E-state index contributed by atoms with van der Waals surface area (Å²) < 4.78 is 5.92. The van der Waals surface area contributed by atoms with Crippen LogP contribution in [0, 0.1) is 17.3 Å². The van der Waals surface area contributed by atoms with Gasteiger partial charge in [0.1, 0.15) is 0 Å². The monoisotopic (exact) mass is 326 g/mol. The van der Waals surface area contributed by atoms with Crippen LogP contribution in [0.15, 0.2) is 0 Å². The van der Waals surface area contributed by atoms with E-state index in [-0.39, 0.29) is 29.9 Å². The Kier molecular flexibility index (Phi) is 8.03. The van der Waals surface area contributed by atoms with Crippen molar-refractivity contribution in [3.05, 3.63) is 0 Å². The third-order valence-corrected chi connectivity index (χ3v) is 4.25. The third-order valence-electron chi connectivity index (χ3n) is 4.25. The molecule has 1 aliphatic heterocycles. The fourth-order valence-electron chi connectivity index (χ4n) is 3.00. The summed E-state index contributed by atoms with van der Waals surface area (Å²) in [6, 6.07) is 0. The van der Waals surface area contributed by atoms with Gasteiger partial charge in [0, 0.05) is 25.5 Å². The summed E-state index contributed by atoms with van der Waals surface area (Å²) in [6.45, 7) is 12.2. The molecule has 0 radical (unpaired) electrons. The predicted molar refractivity (Wildman–Crippen MR) is 92.0 cm³/mol. The van der Waals surface area contributed by atoms with Crippen molar-refractivity contribution in [1.29, 1.82) is 0 Å². The van der Waals surface area contributed by atoms with Gasteiger partial charge in [0.05, 0.1) is 12.6 Å². The normalized spacial score (nSPS) is 22.0. The lowest BCUT2D eigenvalue weighted by molar-refractivity contribution is -0.127. The SMILES string of the molecule is CC(C)CCC(=O)NCC(=O)NC[C@H]1CCCO[C@@H]1C(C)(C)C. The van der Waals surface area contributed by atoms with E-state index in [0.717, 1.165) is 25.9 Å². The number of ether oxygens (including phenoxy) is 1. The number of amides is 2. The lowest BCUT2D eigenvalue weighted by Gasteiger charge is -2.40. The van der Waals surface area contributed by atoms with Crippen LogP contribution in [-0.4, -0.2) is 37.6 Å². The molecule has 5 heteroatoms. The molecular formula is C18H34N2O3. The second kappa shape index (κ2) is 9.26. The van der Waals surface area contributed by atoms with Crippen molar-refractivity contribution < 1.29 is 14.3 Å². The third kappa shape index (κ3) is 7.82. The van der Waals surface area contributed by atoms with Crippen LogP contribution in [0.2, 0.25) is 0 Å². The molecule has 2 atom stereocenters. The summed E-state index contributed by atoms with van der Waals surface area (Å²) in [5.74, 6) is 0.656. The van der Waals surface area contributed by atoms with E-state index in [1.54, 1.807) is 0 Å². The molecule has 1 heterocycles. The van der Waals surface area contributed by atoms with Crippen LogP contribution in [0.25, 0.3) is 0 Å². The van der Waals surface area contributed by atoms with Gasteiger partial charge in [-0.25, -0.2) is 0 Å². The van der Waals surface area contributed by atoms with E-state index in [9.17, 15) is 9.59 Å². The van der Waals surface area contributed by atoms with Crippen molar-refractivity contribution in [2.24, 2.45) is 17.3 Å². The molecule has 1 saturated heterocycles. The Balaban J connectivity index is 2.30. The highest BCUT2D eigenvalue weighted by atomic mass is 16.5. The Morgan fingerprint density at radius 2 is 1.87 bits per heavy atom. The van der Waals surface area contributed by atoms with Crippen LogP contribution in [0.1, 0.15) is 60.3 Å². The van der Waals surface area contributed by atoms with E-state index in [1.165, 1.54) is 0 Å². The quantitative estimate of drug-likeness (QED) is 0.755. The topological polar surface area (TPSA) is 67.4 Å². The lowest BCUT2D eigenvalue weighted by atomic mass is 9.78. The summed E-state index contributed by atoms with van der Waals surface area (Å²) >= 11 is 0.